The van der Waals surface area contributed by atoms with Gasteiger partial charge in [-0.3, -0.25) is 0 Å². The lowest BCUT2D eigenvalue weighted by molar-refractivity contribution is -0.136. The molecule has 0 amide bonds. The highest BCUT2D eigenvalue weighted by molar-refractivity contribution is 6.30. The van der Waals surface area contributed by atoms with Gasteiger partial charge in [-0.25, -0.2) is 0 Å². The van der Waals surface area contributed by atoms with Gasteiger partial charge in [0.25, 0.3) is 0 Å². The molecule has 0 fully saturated rings. The van der Waals surface area contributed by atoms with E-state index in [1.165, 1.54) is 18.3 Å². The van der Waals surface area contributed by atoms with E-state index in [0.29, 0.717) is 5.82 Å². The van der Waals surface area contributed by atoms with Gasteiger partial charge in [-0.05, 0) is 24.6 Å². The van der Waals surface area contributed by atoms with Crippen molar-refractivity contribution >= 4 is 29.1 Å². The summed E-state index contributed by atoms with van der Waals surface area (Å²) < 4.78 is 39.3. The summed E-state index contributed by atoms with van der Waals surface area (Å²) >= 11 is 5.66. The summed E-state index contributed by atoms with van der Waals surface area (Å²) in [5.74, 6) is 0.521. The lowest BCUT2D eigenvalue weighted by Crippen LogP contribution is -2.20. The Morgan fingerprint density at radius 1 is 1.29 bits per heavy atom. The average molecular weight is 360 g/mol. The third kappa shape index (κ3) is 4.70. The molecular formula is C15H17ClF3N5. The van der Waals surface area contributed by atoms with E-state index >= 15 is 0 Å². The number of aromatic nitrogens is 3. The molecule has 9 heteroatoms. The number of hydrogen-bond acceptors (Lipinski definition) is 5. The van der Waals surface area contributed by atoms with E-state index < -0.39 is 11.7 Å². The van der Waals surface area contributed by atoms with Gasteiger partial charge in [-0.2, -0.15) is 23.3 Å². The van der Waals surface area contributed by atoms with Crippen LogP contribution in [0.5, 0.6) is 0 Å². The number of unbranched alkanes of at least 4 members (excludes halogenated alkanes) is 1. The van der Waals surface area contributed by atoms with Crippen LogP contribution in [0.15, 0.2) is 24.4 Å². The summed E-state index contributed by atoms with van der Waals surface area (Å²) in [6.45, 7) is 2.83. The molecule has 2 rings (SSSR count). The van der Waals surface area contributed by atoms with Crippen molar-refractivity contribution in [3.05, 3.63) is 35.0 Å². The van der Waals surface area contributed by atoms with Gasteiger partial charge >= 0.3 is 6.18 Å². The van der Waals surface area contributed by atoms with Crippen molar-refractivity contribution in [1.29, 1.82) is 0 Å². The van der Waals surface area contributed by atoms with E-state index in [4.69, 9.17) is 11.6 Å². The number of anilines is 3. The van der Waals surface area contributed by atoms with E-state index in [-0.39, 0.29) is 16.7 Å². The second-order valence-corrected chi connectivity index (χ2v) is 5.66. The Labute approximate surface area is 142 Å². The summed E-state index contributed by atoms with van der Waals surface area (Å²) in [5, 5.41) is 10.1. The lowest BCUT2D eigenvalue weighted by atomic mass is 10.1. The quantitative estimate of drug-likeness (QED) is 0.821. The molecule has 0 radical (unpaired) electrons. The normalized spacial score (nSPS) is 11.4. The van der Waals surface area contributed by atoms with Gasteiger partial charge in [0.05, 0.1) is 17.4 Å². The highest BCUT2D eigenvalue weighted by Crippen LogP contribution is 2.37. The first-order valence-corrected chi connectivity index (χ1v) is 7.73. The molecule has 0 spiro atoms. The zero-order valence-electron chi connectivity index (χ0n) is 13.2. The Bertz CT molecular complexity index is 693. The number of alkyl halides is 3. The Hall–Kier alpha value is -2.09. The van der Waals surface area contributed by atoms with E-state index in [1.54, 1.807) is 0 Å². The van der Waals surface area contributed by atoms with Crippen LogP contribution < -0.4 is 10.2 Å². The summed E-state index contributed by atoms with van der Waals surface area (Å²) in [6.07, 6.45) is -1.09. The second kappa shape index (κ2) is 7.65. The Morgan fingerprint density at radius 2 is 2.04 bits per heavy atom. The molecule has 1 N–H and O–H groups in total. The van der Waals surface area contributed by atoms with Crippen molar-refractivity contribution in [2.45, 2.75) is 25.9 Å². The maximum absolute atomic E-state index is 13.1. The van der Waals surface area contributed by atoms with Gasteiger partial charge in [0.2, 0.25) is 5.95 Å². The maximum Gasteiger partial charge on any atom is 0.418 e. The van der Waals surface area contributed by atoms with Crippen molar-refractivity contribution in [3.63, 3.8) is 0 Å². The molecule has 0 aliphatic rings. The molecule has 130 valence electrons. The summed E-state index contributed by atoms with van der Waals surface area (Å²) in [5.41, 5.74) is -1.06. The molecule has 0 unspecified atom stereocenters. The zero-order chi connectivity index (χ0) is 17.7. The Morgan fingerprint density at radius 3 is 2.71 bits per heavy atom. The van der Waals surface area contributed by atoms with Crippen LogP contribution in [0.4, 0.5) is 30.6 Å². The minimum absolute atomic E-state index is 0.0000296. The van der Waals surface area contributed by atoms with Crippen LogP contribution >= 0.6 is 11.6 Å². The fourth-order valence-electron chi connectivity index (χ4n) is 2.02. The molecular weight excluding hydrogens is 343 g/mol. The van der Waals surface area contributed by atoms with Crippen molar-refractivity contribution < 1.29 is 13.2 Å². The van der Waals surface area contributed by atoms with Crippen LogP contribution in [0.1, 0.15) is 25.3 Å². The lowest BCUT2D eigenvalue weighted by Gasteiger charge is -2.18. The van der Waals surface area contributed by atoms with E-state index in [0.717, 1.165) is 25.5 Å². The van der Waals surface area contributed by atoms with Gasteiger partial charge in [0, 0.05) is 18.6 Å². The SMILES string of the molecule is CCCCN(C)c1cnnc(Nc2ccc(Cl)cc2C(F)(F)F)n1. The summed E-state index contributed by atoms with van der Waals surface area (Å²) in [7, 11) is 1.84. The third-order valence-corrected chi connectivity index (χ3v) is 3.55. The molecule has 0 bridgehead atoms. The number of benzene rings is 1. The van der Waals surface area contributed by atoms with Crippen LogP contribution in [0.25, 0.3) is 0 Å². The molecule has 1 aromatic heterocycles. The van der Waals surface area contributed by atoms with Gasteiger partial charge < -0.3 is 10.2 Å². The van der Waals surface area contributed by atoms with E-state index in [2.05, 4.69) is 27.4 Å². The predicted molar refractivity (Wildman–Crippen MR) is 87.7 cm³/mol. The monoisotopic (exact) mass is 359 g/mol. The first kappa shape index (κ1) is 18.3. The summed E-state index contributed by atoms with van der Waals surface area (Å²) in [4.78, 5) is 6.08. The average Bonchev–Trinajstić information content (AvgIpc) is 2.53. The van der Waals surface area contributed by atoms with Crippen LogP contribution in [-0.2, 0) is 6.18 Å². The Balaban J connectivity index is 2.26. The molecule has 1 aromatic carbocycles. The van der Waals surface area contributed by atoms with Crippen LogP contribution in [0, 0.1) is 0 Å². The predicted octanol–water partition coefficient (Wildman–Crippen LogP) is 4.52. The topological polar surface area (TPSA) is 53.9 Å². The molecule has 0 saturated carbocycles. The molecule has 24 heavy (non-hydrogen) atoms. The smallest absolute Gasteiger partial charge is 0.358 e. The standard InChI is InChI=1S/C15H17ClF3N5/c1-3-4-7-24(2)13-9-20-23-14(22-13)21-12-6-5-10(16)8-11(12)15(17,18)19/h5-6,8-9H,3-4,7H2,1-2H3,(H,21,22,23). The first-order chi connectivity index (χ1) is 11.3. The van der Waals surface area contributed by atoms with Gasteiger partial charge in [0.15, 0.2) is 5.82 Å². The van der Waals surface area contributed by atoms with E-state index in [9.17, 15) is 13.2 Å². The van der Waals surface area contributed by atoms with Crippen LogP contribution in [0.2, 0.25) is 5.02 Å². The Kier molecular flexibility index (Phi) is 5.82. The maximum atomic E-state index is 13.1. The van der Waals surface area contributed by atoms with E-state index in [1.807, 2.05) is 11.9 Å². The van der Waals surface area contributed by atoms with Gasteiger partial charge in [-0.15, -0.1) is 5.10 Å². The van der Waals surface area contributed by atoms with Crippen molar-refractivity contribution in [3.8, 4) is 0 Å². The van der Waals surface area contributed by atoms with Crippen LogP contribution in [0.3, 0.4) is 0 Å². The fraction of sp³-hybridized carbons (Fsp3) is 0.400. The van der Waals surface area contributed by atoms with Crippen molar-refractivity contribution in [1.82, 2.24) is 15.2 Å². The number of nitrogens with zero attached hydrogens (tertiary/aromatic N) is 4. The number of halogens is 4. The van der Waals surface area contributed by atoms with Crippen LogP contribution in [-0.4, -0.2) is 28.8 Å². The molecule has 0 aliphatic carbocycles. The number of nitrogens with one attached hydrogen (secondary N) is 1. The highest BCUT2D eigenvalue weighted by atomic mass is 35.5. The van der Waals surface area contributed by atoms with Crippen molar-refractivity contribution in [2.75, 3.05) is 23.8 Å². The third-order valence-electron chi connectivity index (χ3n) is 3.32. The molecule has 0 atom stereocenters. The fourth-order valence-corrected chi connectivity index (χ4v) is 2.19. The van der Waals surface area contributed by atoms with Gasteiger partial charge in [0.1, 0.15) is 0 Å². The number of rotatable bonds is 6. The molecule has 2 aromatic rings. The minimum atomic E-state index is -4.55. The largest absolute Gasteiger partial charge is 0.418 e. The first-order valence-electron chi connectivity index (χ1n) is 7.36. The highest BCUT2D eigenvalue weighted by Gasteiger charge is 2.34. The van der Waals surface area contributed by atoms with Gasteiger partial charge in [-0.1, -0.05) is 24.9 Å². The molecule has 0 aliphatic heterocycles. The molecule has 0 saturated heterocycles. The molecule has 5 nitrogen and oxygen atoms in total. The zero-order valence-corrected chi connectivity index (χ0v) is 14.0. The number of hydrogen-bond donors (Lipinski definition) is 1. The minimum Gasteiger partial charge on any atom is -0.358 e. The second-order valence-electron chi connectivity index (χ2n) is 5.23. The summed E-state index contributed by atoms with van der Waals surface area (Å²) in [6, 6.07) is 3.46. The van der Waals surface area contributed by atoms with Crippen molar-refractivity contribution in [2.24, 2.45) is 0 Å². The molecule has 1 heterocycles.